The Bertz CT molecular complexity index is 3500. The van der Waals surface area contributed by atoms with Crippen LogP contribution in [-0.2, 0) is 0 Å². The lowest BCUT2D eigenvalue weighted by atomic mass is 9.60. The summed E-state index contributed by atoms with van der Waals surface area (Å²) in [6, 6.07) is 62.6. The summed E-state index contributed by atoms with van der Waals surface area (Å²) in [5.74, 6) is 3.44. The summed E-state index contributed by atoms with van der Waals surface area (Å²) in [6.07, 6.45) is 0. The molecule has 0 amide bonds. The molecule has 0 fully saturated rings. The molecule has 0 saturated carbocycles. The SMILES string of the molecule is Bc1c(B)c(B)c(-c2nc(-c3ccccc3)nc(-c3cc(-c4nc(-c5ccccc5)nc(-c5ccccc5)n4)c(-c4ccccc4)cc3-n3c4ccccc4c4ccccc43)n2)c(B)c1B. The second kappa shape index (κ2) is 16.8. The lowest BCUT2D eigenvalue weighted by Gasteiger charge is -2.21. The van der Waals surface area contributed by atoms with Crippen molar-refractivity contribution in [3.05, 3.63) is 182 Å². The third kappa shape index (κ3) is 7.11. The van der Waals surface area contributed by atoms with E-state index in [-0.39, 0.29) is 0 Å². The maximum Gasteiger partial charge on any atom is 0.166 e. The first-order valence-corrected chi connectivity index (χ1v) is 22.3. The van der Waals surface area contributed by atoms with E-state index in [1.165, 1.54) is 16.4 Å². The van der Waals surface area contributed by atoms with E-state index < -0.39 is 0 Å². The van der Waals surface area contributed by atoms with Crippen molar-refractivity contribution in [2.45, 2.75) is 0 Å². The number of hydrogen-bond acceptors (Lipinski definition) is 6. The molecule has 7 nitrogen and oxygen atoms in total. The summed E-state index contributed by atoms with van der Waals surface area (Å²) in [5.41, 5.74) is 16.4. The number of fused-ring (bicyclic) bond motifs is 3. The first kappa shape index (κ1) is 40.7. The Labute approximate surface area is 388 Å². The lowest BCUT2D eigenvalue weighted by Crippen LogP contribution is -2.55. The zero-order valence-electron chi connectivity index (χ0n) is 37.5. The summed E-state index contributed by atoms with van der Waals surface area (Å²) in [4.78, 5) is 32.0. The minimum Gasteiger partial charge on any atom is -0.308 e. The van der Waals surface area contributed by atoms with Gasteiger partial charge in [0.25, 0.3) is 0 Å². The number of hydrogen-bond donors (Lipinski definition) is 0. The molecular formula is C54H40B5N7. The van der Waals surface area contributed by atoms with Gasteiger partial charge in [-0.05, 0) is 35.4 Å². The number of aromatic nitrogens is 7. The quantitative estimate of drug-likeness (QED) is 0.215. The van der Waals surface area contributed by atoms with Gasteiger partial charge in [0.2, 0.25) is 0 Å². The van der Waals surface area contributed by atoms with Crippen LogP contribution in [0.2, 0.25) is 0 Å². The molecule has 3 aromatic heterocycles. The molecule has 0 aliphatic heterocycles. The molecule has 12 heteroatoms. The molecule has 66 heavy (non-hydrogen) atoms. The standard InChI is InChI=1S/C54H40B5N7/c55-44-43(45(56)47(58)48(59)46(44)57)54-64-51(34-23-11-4-12-24-34)63-53(65-54)39-29-38(52-61-49(32-19-7-2-8-20-32)60-50(62-52)33-21-9-3-10-22-33)37(31-17-5-1-6-18-31)30-42(39)66-40-27-15-13-25-35(40)36-26-14-16-28-41(36)66/h1-30H,55-59H2. The molecule has 11 rings (SSSR count). The van der Waals surface area contributed by atoms with Gasteiger partial charge in [-0.2, -0.15) is 0 Å². The van der Waals surface area contributed by atoms with Gasteiger partial charge in [-0.3, -0.25) is 0 Å². The fourth-order valence-electron chi connectivity index (χ4n) is 9.26. The van der Waals surface area contributed by atoms with E-state index in [1.54, 1.807) is 0 Å². The molecule has 0 N–H and O–H groups in total. The van der Waals surface area contributed by atoms with Crippen molar-refractivity contribution in [2.75, 3.05) is 0 Å². The second-order valence-electron chi connectivity index (χ2n) is 16.9. The van der Waals surface area contributed by atoms with Crippen molar-refractivity contribution in [2.24, 2.45) is 0 Å². The number of benzene rings is 8. The predicted molar refractivity (Wildman–Crippen MR) is 286 cm³/mol. The van der Waals surface area contributed by atoms with Gasteiger partial charge >= 0.3 is 0 Å². The predicted octanol–water partition coefficient (Wildman–Crippen LogP) is 4.11. The molecule has 3 heterocycles. The zero-order chi connectivity index (χ0) is 44.9. The van der Waals surface area contributed by atoms with Gasteiger partial charge in [-0.15, -0.1) is 16.4 Å². The van der Waals surface area contributed by atoms with Crippen LogP contribution in [0.5, 0.6) is 0 Å². The smallest absolute Gasteiger partial charge is 0.166 e. The monoisotopic (exact) mass is 841 g/mol. The van der Waals surface area contributed by atoms with Gasteiger partial charge in [0.15, 0.2) is 34.9 Å². The van der Waals surface area contributed by atoms with E-state index in [1.807, 2.05) is 84.9 Å². The summed E-state index contributed by atoms with van der Waals surface area (Å²) < 4.78 is 2.36. The highest BCUT2D eigenvalue weighted by atomic mass is 15.1. The maximum atomic E-state index is 5.54. The van der Waals surface area contributed by atoms with E-state index >= 15 is 0 Å². The lowest BCUT2D eigenvalue weighted by molar-refractivity contribution is 1.06. The van der Waals surface area contributed by atoms with Crippen molar-refractivity contribution in [3.8, 4) is 85.1 Å². The molecular weight excluding hydrogens is 801 g/mol. The highest BCUT2D eigenvalue weighted by Crippen LogP contribution is 2.42. The highest BCUT2D eigenvalue weighted by molar-refractivity contribution is 6.68. The molecule has 8 aromatic carbocycles. The summed E-state index contributed by atoms with van der Waals surface area (Å²) in [6.45, 7) is 0. The number of para-hydroxylation sites is 2. The Balaban J connectivity index is 1.30. The van der Waals surface area contributed by atoms with Gasteiger partial charge in [-0.1, -0.05) is 169 Å². The van der Waals surface area contributed by atoms with Crippen LogP contribution in [0, 0.1) is 0 Å². The largest absolute Gasteiger partial charge is 0.308 e. The zero-order valence-corrected chi connectivity index (χ0v) is 37.5. The van der Waals surface area contributed by atoms with Gasteiger partial charge in [0.05, 0.1) is 16.7 Å². The third-order valence-electron chi connectivity index (χ3n) is 13.1. The molecule has 0 atom stereocenters. The van der Waals surface area contributed by atoms with Crippen molar-refractivity contribution in [1.29, 1.82) is 0 Å². The molecule has 0 aliphatic carbocycles. The third-order valence-corrected chi connectivity index (χ3v) is 13.1. The number of rotatable bonds is 8. The van der Waals surface area contributed by atoms with Crippen molar-refractivity contribution < 1.29 is 0 Å². The molecule has 306 valence electrons. The molecule has 0 radical (unpaired) electrons. The van der Waals surface area contributed by atoms with Crippen LogP contribution >= 0.6 is 0 Å². The van der Waals surface area contributed by atoms with E-state index in [0.717, 1.165) is 82.9 Å². The van der Waals surface area contributed by atoms with Crippen molar-refractivity contribution in [1.82, 2.24) is 34.5 Å². The van der Waals surface area contributed by atoms with Gasteiger partial charge < -0.3 is 4.57 Å². The van der Waals surface area contributed by atoms with Crippen LogP contribution in [0.1, 0.15) is 0 Å². The number of nitrogens with zero attached hydrogens (tertiary/aromatic N) is 7. The summed E-state index contributed by atoms with van der Waals surface area (Å²) in [7, 11) is 10.9. The van der Waals surface area contributed by atoms with Crippen LogP contribution in [-0.4, -0.2) is 73.7 Å². The maximum absolute atomic E-state index is 5.54. The Morgan fingerprint density at radius 1 is 0.288 bits per heavy atom. The minimum atomic E-state index is 0.533. The molecule has 11 aromatic rings. The van der Waals surface area contributed by atoms with Crippen molar-refractivity contribution >= 4 is 88.4 Å². The Morgan fingerprint density at radius 2 is 0.636 bits per heavy atom. The average molecular weight is 841 g/mol. The fourth-order valence-corrected chi connectivity index (χ4v) is 9.26. The van der Waals surface area contributed by atoms with Crippen LogP contribution < -0.4 is 27.3 Å². The van der Waals surface area contributed by atoms with Crippen molar-refractivity contribution in [3.63, 3.8) is 0 Å². The normalized spacial score (nSPS) is 11.3. The second-order valence-corrected chi connectivity index (χ2v) is 16.9. The summed E-state index contributed by atoms with van der Waals surface area (Å²) in [5, 5.41) is 2.31. The van der Waals surface area contributed by atoms with Crippen LogP contribution in [0.25, 0.3) is 107 Å². The molecule has 0 saturated heterocycles. The van der Waals surface area contributed by atoms with E-state index in [4.69, 9.17) is 29.9 Å². The van der Waals surface area contributed by atoms with E-state index in [0.29, 0.717) is 34.9 Å². The van der Waals surface area contributed by atoms with E-state index in [9.17, 15) is 0 Å². The van der Waals surface area contributed by atoms with Crippen LogP contribution in [0.4, 0.5) is 0 Å². The summed E-state index contributed by atoms with van der Waals surface area (Å²) >= 11 is 0. The van der Waals surface area contributed by atoms with E-state index in [2.05, 4.69) is 141 Å². The first-order chi connectivity index (χ1) is 32.3. The van der Waals surface area contributed by atoms with Gasteiger partial charge in [0, 0.05) is 44.2 Å². The molecule has 0 spiro atoms. The molecule has 0 unspecified atom stereocenters. The highest BCUT2D eigenvalue weighted by Gasteiger charge is 2.26. The van der Waals surface area contributed by atoms with Gasteiger partial charge in [-0.25, -0.2) is 29.9 Å². The average Bonchev–Trinajstić information content (AvgIpc) is 3.72. The van der Waals surface area contributed by atoms with Crippen LogP contribution in [0.3, 0.4) is 0 Å². The topological polar surface area (TPSA) is 82.3 Å². The Morgan fingerprint density at radius 3 is 1.11 bits per heavy atom. The Kier molecular flexibility index (Phi) is 10.3. The first-order valence-electron chi connectivity index (χ1n) is 22.3. The molecule has 0 aliphatic rings. The van der Waals surface area contributed by atoms with Crippen LogP contribution in [0.15, 0.2) is 182 Å². The molecule has 0 bridgehead atoms. The minimum absolute atomic E-state index is 0.533. The van der Waals surface area contributed by atoms with Gasteiger partial charge in [0.1, 0.15) is 39.2 Å². The Hall–Kier alpha value is -8.10. The fraction of sp³-hybridized carbons (Fsp3) is 0.